The molecular weight excluding hydrogens is 291 g/mol. The first-order valence-electron chi connectivity index (χ1n) is 6.07. The van der Waals surface area contributed by atoms with Gasteiger partial charge in [-0.05, 0) is 35.9 Å². The number of rotatable bonds is 2. The topological polar surface area (TPSA) is 25.8 Å². The van der Waals surface area contributed by atoms with Crippen molar-refractivity contribution in [3.63, 3.8) is 0 Å². The van der Waals surface area contributed by atoms with Crippen LogP contribution in [0.1, 0.15) is 0 Å². The van der Waals surface area contributed by atoms with Crippen molar-refractivity contribution >= 4 is 23.2 Å². The molecule has 0 amide bonds. The molecule has 98 valence electrons. The summed E-state index contributed by atoms with van der Waals surface area (Å²) >= 11 is 12.3. The third-order valence-electron chi connectivity index (χ3n) is 2.94. The molecule has 2 heterocycles. The summed E-state index contributed by atoms with van der Waals surface area (Å²) in [5, 5.41) is 1.33. The maximum absolute atomic E-state index is 6.35. The van der Waals surface area contributed by atoms with Gasteiger partial charge in [-0.3, -0.25) is 9.97 Å². The highest BCUT2D eigenvalue weighted by molar-refractivity contribution is 6.34. The minimum atomic E-state index is 0.642. The molecule has 20 heavy (non-hydrogen) atoms. The van der Waals surface area contributed by atoms with Crippen LogP contribution in [0.15, 0.2) is 60.9 Å². The Bertz CT molecular complexity index is 725. The van der Waals surface area contributed by atoms with Gasteiger partial charge >= 0.3 is 0 Å². The van der Waals surface area contributed by atoms with E-state index in [0.717, 1.165) is 22.5 Å². The molecule has 0 radical (unpaired) electrons. The van der Waals surface area contributed by atoms with Gasteiger partial charge in [0.1, 0.15) is 0 Å². The van der Waals surface area contributed by atoms with Crippen LogP contribution in [0.5, 0.6) is 0 Å². The van der Waals surface area contributed by atoms with E-state index in [4.69, 9.17) is 23.2 Å². The van der Waals surface area contributed by atoms with Crippen LogP contribution in [0.2, 0.25) is 10.0 Å². The van der Waals surface area contributed by atoms with Gasteiger partial charge in [0.05, 0.1) is 16.4 Å². The number of hydrogen-bond donors (Lipinski definition) is 0. The first-order chi connectivity index (χ1) is 9.75. The zero-order valence-corrected chi connectivity index (χ0v) is 11.9. The molecule has 4 heteroatoms. The fraction of sp³-hybridized carbons (Fsp3) is 0. The Morgan fingerprint density at radius 1 is 0.750 bits per heavy atom. The van der Waals surface area contributed by atoms with Crippen LogP contribution in [0.4, 0.5) is 0 Å². The molecule has 0 saturated heterocycles. The Hall–Kier alpha value is -1.90. The molecule has 0 aliphatic heterocycles. The highest BCUT2D eigenvalue weighted by Gasteiger charge is 2.13. The second-order valence-corrected chi connectivity index (χ2v) is 5.08. The van der Waals surface area contributed by atoms with Crippen molar-refractivity contribution in [1.82, 2.24) is 9.97 Å². The first kappa shape index (κ1) is 13.1. The number of halogens is 2. The van der Waals surface area contributed by atoms with Crippen molar-refractivity contribution in [3.05, 3.63) is 71.0 Å². The maximum atomic E-state index is 6.35. The van der Waals surface area contributed by atoms with Crippen LogP contribution >= 0.6 is 23.2 Å². The van der Waals surface area contributed by atoms with Gasteiger partial charge in [0.15, 0.2) is 0 Å². The summed E-state index contributed by atoms with van der Waals surface area (Å²) in [7, 11) is 0. The number of nitrogens with zero attached hydrogens (tertiary/aromatic N) is 2. The quantitative estimate of drug-likeness (QED) is 0.656. The predicted molar refractivity (Wildman–Crippen MR) is 82.9 cm³/mol. The molecule has 3 rings (SSSR count). The van der Waals surface area contributed by atoms with Crippen LogP contribution in [0.25, 0.3) is 22.5 Å². The lowest BCUT2D eigenvalue weighted by Gasteiger charge is -2.10. The average molecular weight is 301 g/mol. The molecule has 3 aromatic rings. The van der Waals surface area contributed by atoms with Crippen molar-refractivity contribution < 1.29 is 0 Å². The molecule has 0 saturated carbocycles. The summed E-state index contributed by atoms with van der Waals surface area (Å²) < 4.78 is 0. The van der Waals surface area contributed by atoms with Crippen molar-refractivity contribution in [2.75, 3.05) is 0 Å². The molecule has 0 fully saturated rings. The summed E-state index contributed by atoms with van der Waals surface area (Å²) in [6.45, 7) is 0. The van der Waals surface area contributed by atoms with Gasteiger partial charge in [0.2, 0.25) is 0 Å². The van der Waals surface area contributed by atoms with Gasteiger partial charge in [-0.15, -0.1) is 0 Å². The second kappa shape index (κ2) is 5.61. The average Bonchev–Trinajstić information content (AvgIpc) is 2.49. The van der Waals surface area contributed by atoms with Crippen molar-refractivity contribution in [2.24, 2.45) is 0 Å². The number of benzene rings is 1. The molecule has 0 unspecified atom stereocenters. The molecule has 0 N–H and O–H groups in total. The fourth-order valence-electron chi connectivity index (χ4n) is 2.03. The van der Waals surface area contributed by atoms with E-state index in [9.17, 15) is 0 Å². The molecule has 2 aromatic heterocycles. The highest BCUT2D eigenvalue weighted by Crippen LogP contribution is 2.35. The standard InChI is InChI=1S/C16H10Cl2N2/c17-12-6-4-11(5-7-12)15-13(18)8-10-20-16(15)14-3-1-2-9-19-14/h1-10H. The minimum absolute atomic E-state index is 0.642. The molecule has 0 aliphatic rings. The summed E-state index contributed by atoms with van der Waals surface area (Å²) in [6, 6.07) is 15.0. The normalized spacial score (nSPS) is 10.5. The summed E-state index contributed by atoms with van der Waals surface area (Å²) in [5.41, 5.74) is 3.39. The van der Waals surface area contributed by atoms with Gasteiger partial charge in [0.25, 0.3) is 0 Å². The maximum Gasteiger partial charge on any atom is 0.0979 e. The molecule has 0 bridgehead atoms. The van der Waals surface area contributed by atoms with Gasteiger partial charge in [-0.25, -0.2) is 0 Å². The van der Waals surface area contributed by atoms with Crippen LogP contribution in [0.3, 0.4) is 0 Å². The lowest BCUT2D eigenvalue weighted by atomic mass is 10.0. The van der Waals surface area contributed by atoms with E-state index in [2.05, 4.69) is 9.97 Å². The van der Waals surface area contributed by atoms with Gasteiger partial charge in [-0.2, -0.15) is 0 Å². The number of pyridine rings is 2. The van der Waals surface area contributed by atoms with Crippen LogP contribution in [-0.4, -0.2) is 9.97 Å². The zero-order valence-electron chi connectivity index (χ0n) is 10.4. The van der Waals surface area contributed by atoms with Crippen LogP contribution in [-0.2, 0) is 0 Å². The molecule has 2 nitrogen and oxygen atoms in total. The third kappa shape index (κ3) is 2.53. The third-order valence-corrected chi connectivity index (χ3v) is 3.51. The first-order valence-corrected chi connectivity index (χ1v) is 6.83. The Morgan fingerprint density at radius 2 is 1.55 bits per heavy atom. The van der Waals surface area contributed by atoms with Gasteiger partial charge in [0, 0.05) is 23.0 Å². The monoisotopic (exact) mass is 300 g/mol. The van der Waals surface area contributed by atoms with Gasteiger partial charge < -0.3 is 0 Å². The summed E-state index contributed by atoms with van der Waals surface area (Å²) in [6.07, 6.45) is 3.43. The zero-order chi connectivity index (χ0) is 13.9. The van der Waals surface area contributed by atoms with E-state index in [1.165, 1.54) is 0 Å². The minimum Gasteiger partial charge on any atom is -0.255 e. The largest absolute Gasteiger partial charge is 0.255 e. The van der Waals surface area contributed by atoms with Crippen molar-refractivity contribution in [2.45, 2.75) is 0 Å². The molecule has 1 aromatic carbocycles. The van der Waals surface area contributed by atoms with E-state index >= 15 is 0 Å². The Balaban J connectivity index is 2.22. The van der Waals surface area contributed by atoms with E-state index in [-0.39, 0.29) is 0 Å². The number of hydrogen-bond acceptors (Lipinski definition) is 2. The summed E-state index contributed by atoms with van der Waals surface area (Å²) in [5.74, 6) is 0. The number of aromatic nitrogens is 2. The molecule has 0 aliphatic carbocycles. The molecule has 0 spiro atoms. The SMILES string of the molecule is Clc1ccc(-c2c(Cl)ccnc2-c2ccccn2)cc1. The van der Waals surface area contributed by atoms with E-state index < -0.39 is 0 Å². The van der Waals surface area contributed by atoms with Crippen molar-refractivity contribution in [1.29, 1.82) is 0 Å². The van der Waals surface area contributed by atoms with E-state index in [1.807, 2.05) is 42.5 Å². The molecule has 0 atom stereocenters. The molecular formula is C16H10Cl2N2. The second-order valence-electron chi connectivity index (χ2n) is 4.24. The highest BCUT2D eigenvalue weighted by atomic mass is 35.5. The van der Waals surface area contributed by atoms with Crippen molar-refractivity contribution in [3.8, 4) is 22.5 Å². The van der Waals surface area contributed by atoms with Crippen LogP contribution < -0.4 is 0 Å². The Labute approximate surface area is 127 Å². The summed E-state index contributed by atoms with van der Waals surface area (Å²) in [4.78, 5) is 8.78. The Morgan fingerprint density at radius 3 is 2.25 bits per heavy atom. The predicted octanol–water partition coefficient (Wildman–Crippen LogP) is 5.12. The Kier molecular flexibility index (Phi) is 3.68. The lowest BCUT2D eigenvalue weighted by molar-refractivity contribution is 1.25. The van der Waals surface area contributed by atoms with Gasteiger partial charge in [-0.1, -0.05) is 41.4 Å². The van der Waals surface area contributed by atoms with Crippen LogP contribution in [0, 0.1) is 0 Å². The van der Waals surface area contributed by atoms with E-state index in [0.29, 0.717) is 10.0 Å². The lowest BCUT2D eigenvalue weighted by Crippen LogP contribution is -1.92. The fourth-order valence-corrected chi connectivity index (χ4v) is 2.41. The smallest absolute Gasteiger partial charge is 0.0979 e. The van der Waals surface area contributed by atoms with E-state index in [1.54, 1.807) is 18.5 Å².